The summed E-state index contributed by atoms with van der Waals surface area (Å²) in [5.41, 5.74) is 0.382. The lowest BCUT2D eigenvalue weighted by Gasteiger charge is -2.39. The zero-order valence-corrected chi connectivity index (χ0v) is 34.2. The number of benzene rings is 1. The van der Waals surface area contributed by atoms with Crippen LogP contribution in [0.1, 0.15) is 66.9 Å². The van der Waals surface area contributed by atoms with Gasteiger partial charge in [-0.2, -0.15) is 13.2 Å². The predicted molar refractivity (Wildman–Crippen MR) is 200 cm³/mol. The number of hydrogen-bond donors (Lipinski definition) is 4. The number of carboxylic acids is 1. The molecular weight excluding hydrogens is 745 g/mol. The molecule has 320 valence electrons. The molecular formula is C38H61F3N4O11. The van der Waals surface area contributed by atoms with Crippen LogP contribution in [-0.4, -0.2) is 136 Å². The molecule has 0 aromatic heterocycles. The van der Waals surface area contributed by atoms with Gasteiger partial charge in [0.1, 0.15) is 30.0 Å². The van der Waals surface area contributed by atoms with Gasteiger partial charge in [0, 0.05) is 41.5 Å². The third kappa shape index (κ3) is 16.2. The smallest absolute Gasteiger partial charge is 0.475 e. The molecule has 56 heavy (non-hydrogen) atoms. The lowest BCUT2D eigenvalue weighted by molar-refractivity contribution is -0.192. The monoisotopic (exact) mass is 806 g/mol. The number of ether oxygens (including phenoxy) is 5. The third-order valence-electron chi connectivity index (χ3n) is 9.11. The van der Waals surface area contributed by atoms with Gasteiger partial charge in [0.25, 0.3) is 5.91 Å². The number of likely N-dealkylation sites (N-methyl/N-ethyl adjacent to an activating group) is 1. The molecule has 2 rings (SSSR count). The van der Waals surface area contributed by atoms with Gasteiger partial charge < -0.3 is 49.6 Å². The Hall–Kier alpha value is -4.00. The molecule has 8 atom stereocenters. The number of amides is 4. The van der Waals surface area contributed by atoms with Crippen LogP contribution in [0.5, 0.6) is 0 Å². The van der Waals surface area contributed by atoms with Gasteiger partial charge in [-0.15, -0.1) is 0 Å². The normalized spacial score (nSPS) is 20.4. The minimum atomic E-state index is -5.08. The lowest BCUT2D eigenvalue weighted by Crippen LogP contribution is -2.57. The number of halogens is 3. The average Bonchev–Trinajstić information content (AvgIpc) is 3.49. The minimum absolute atomic E-state index is 0.0410. The molecule has 4 N–H and O–H groups in total. The maximum absolute atomic E-state index is 13.8. The van der Waals surface area contributed by atoms with Gasteiger partial charge in [-0.1, -0.05) is 64.4 Å². The van der Waals surface area contributed by atoms with Crippen molar-refractivity contribution in [3.05, 3.63) is 35.9 Å². The van der Waals surface area contributed by atoms with Crippen LogP contribution in [0.2, 0.25) is 0 Å². The minimum Gasteiger partial charge on any atom is -0.475 e. The highest BCUT2D eigenvalue weighted by Gasteiger charge is 2.49. The van der Waals surface area contributed by atoms with Crippen molar-refractivity contribution in [3.63, 3.8) is 0 Å². The van der Waals surface area contributed by atoms with E-state index >= 15 is 0 Å². The van der Waals surface area contributed by atoms with E-state index in [1.807, 2.05) is 58.0 Å². The Labute approximate surface area is 327 Å². The number of nitrogens with one attached hydrogen (secondary N) is 3. The second kappa shape index (κ2) is 23.3. The summed E-state index contributed by atoms with van der Waals surface area (Å²) in [5.74, 6) is -3.97. The van der Waals surface area contributed by atoms with Crippen molar-refractivity contribution in [2.24, 2.45) is 11.8 Å². The fourth-order valence-corrected chi connectivity index (χ4v) is 6.09. The fourth-order valence-electron chi connectivity index (χ4n) is 6.09. The zero-order chi connectivity index (χ0) is 43.0. The van der Waals surface area contributed by atoms with E-state index < -0.39 is 66.4 Å². The Morgan fingerprint density at radius 2 is 1.52 bits per heavy atom. The summed E-state index contributed by atoms with van der Waals surface area (Å²) in [7, 11) is 6.18. The molecule has 1 fully saturated rings. The van der Waals surface area contributed by atoms with E-state index in [1.54, 1.807) is 32.7 Å². The number of alkyl carbamates (subject to hydrolysis) is 1. The fraction of sp³-hybridized carbons (Fsp3) is 0.711. The van der Waals surface area contributed by atoms with Crippen LogP contribution in [0.4, 0.5) is 18.0 Å². The zero-order valence-electron chi connectivity index (χ0n) is 34.2. The summed E-state index contributed by atoms with van der Waals surface area (Å²) in [6.45, 7) is 13.5. The van der Waals surface area contributed by atoms with E-state index in [-0.39, 0.29) is 42.5 Å². The van der Waals surface area contributed by atoms with Crippen molar-refractivity contribution in [3.8, 4) is 0 Å². The molecule has 1 aromatic carbocycles. The number of nitrogens with zero attached hydrogens (tertiary/aromatic N) is 1. The van der Waals surface area contributed by atoms with Gasteiger partial charge in [-0.3, -0.25) is 14.4 Å². The van der Waals surface area contributed by atoms with Crippen LogP contribution < -0.4 is 16.0 Å². The number of carbonyl (C=O) groups is 5. The quantitative estimate of drug-likeness (QED) is 0.169. The van der Waals surface area contributed by atoms with Gasteiger partial charge >= 0.3 is 18.2 Å². The molecule has 15 nitrogen and oxygen atoms in total. The standard InChI is InChI=1S/C36H60N4O9.C2HF3O2/c1-12-23(4)29(40(8)34(43)28(22(2)3)39-35(44)49-36(5,6)7)25(45-9)20-27(41)38-21-26-30(46-10)31(47-11)32(48-26)33(42)37-19-18-24-16-14-13-15-17-24;3-2(4,5)1(6)7/h13-17,22-23,25-26,28-32H,12,18-21H2,1-11H3,(H,37,42)(H,38,41)(H,39,44);(H,6,7)/t23-,25+,26+,28-,29-,30+,31-,32+;/m0./s1. The van der Waals surface area contributed by atoms with E-state index in [2.05, 4.69) is 16.0 Å². The third-order valence-corrected chi connectivity index (χ3v) is 9.11. The predicted octanol–water partition coefficient (Wildman–Crippen LogP) is 3.72. The van der Waals surface area contributed by atoms with Crippen molar-refractivity contribution < 1.29 is 65.9 Å². The number of aliphatic carboxylic acids is 1. The van der Waals surface area contributed by atoms with E-state index in [4.69, 9.17) is 33.6 Å². The first-order valence-electron chi connectivity index (χ1n) is 18.4. The van der Waals surface area contributed by atoms with Crippen LogP contribution in [0.25, 0.3) is 0 Å². The first kappa shape index (κ1) is 50.0. The second-order valence-electron chi connectivity index (χ2n) is 14.8. The molecule has 1 heterocycles. The maximum atomic E-state index is 13.8. The molecule has 18 heteroatoms. The van der Waals surface area contributed by atoms with Gasteiger partial charge in [0.2, 0.25) is 11.8 Å². The average molecular weight is 807 g/mol. The second-order valence-corrected chi connectivity index (χ2v) is 14.8. The molecule has 0 unspecified atom stereocenters. The van der Waals surface area contributed by atoms with Crippen LogP contribution in [0, 0.1) is 11.8 Å². The van der Waals surface area contributed by atoms with Crippen molar-refractivity contribution in [1.82, 2.24) is 20.9 Å². The molecule has 4 amide bonds. The molecule has 1 saturated heterocycles. The number of methoxy groups -OCH3 is 3. The molecule has 0 radical (unpaired) electrons. The van der Waals surface area contributed by atoms with Gasteiger partial charge in [0.05, 0.1) is 18.6 Å². The lowest BCUT2D eigenvalue weighted by atomic mass is 9.90. The van der Waals surface area contributed by atoms with Gasteiger partial charge in [0.15, 0.2) is 6.10 Å². The SMILES string of the molecule is CC[C@H](C)[C@@H]([C@@H](CC(=O)NC[C@H]1O[C@@H](C(=O)NCCc2ccccc2)[C@@H](OC)[C@@H]1OC)OC)N(C)C(=O)[C@@H](NC(=O)OC(C)(C)C)C(C)C.O=C(O)C(F)(F)F. The van der Waals surface area contributed by atoms with E-state index in [1.165, 1.54) is 21.3 Å². The van der Waals surface area contributed by atoms with Crippen LogP contribution in [0.15, 0.2) is 30.3 Å². The highest BCUT2D eigenvalue weighted by Crippen LogP contribution is 2.27. The first-order chi connectivity index (χ1) is 26.0. The van der Waals surface area contributed by atoms with Gasteiger partial charge in [-0.05, 0) is 44.6 Å². The number of alkyl halides is 3. The summed E-state index contributed by atoms with van der Waals surface area (Å²) in [6.07, 6.45) is -7.92. The van der Waals surface area contributed by atoms with Crippen molar-refractivity contribution in [2.75, 3.05) is 41.5 Å². The largest absolute Gasteiger partial charge is 0.490 e. The van der Waals surface area contributed by atoms with Crippen LogP contribution in [-0.2, 0) is 49.3 Å². The van der Waals surface area contributed by atoms with E-state index in [0.717, 1.165) is 5.56 Å². The topological polar surface area (TPSA) is 191 Å². The van der Waals surface area contributed by atoms with E-state index in [9.17, 15) is 32.3 Å². The molecule has 0 aliphatic carbocycles. The molecule has 0 spiro atoms. The highest BCUT2D eigenvalue weighted by atomic mass is 19.4. The molecule has 1 aromatic rings. The summed E-state index contributed by atoms with van der Waals surface area (Å²) in [4.78, 5) is 63.3. The van der Waals surface area contributed by atoms with Crippen molar-refractivity contribution in [2.45, 2.75) is 122 Å². The Kier molecular flexibility index (Phi) is 20.8. The Morgan fingerprint density at radius 3 is 1.98 bits per heavy atom. The summed E-state index contributed by atoms with van der Waals surface area (Å²) in [5, 5.41) is 15.7. The van der Waals surface area contributed by atoms with Crippen molar-refractivity contribution in [1.29, 1.82) is 0 Å². The molecule has 1 aliphatic rings. The highest BCUT2D eigenvalue weighted by molar-refractivity contribution is 5.86. The number of rotatable bonds is 18. The van der Waals surface area contributed by atoms with E-state index in [0.29, 0.717) is 19.4 Å². The first-order valence-corrected chi connectivity index (χ1v) is 18.4. The molecule has 1 aliphatic heterocycles. The molecule has 0 saturated carbocycles. The van der Waals surface area contributed by atoms with Crippen LogP contribution >= 0.6 is 0 Å². The number of hydrogen-bond acceptors (Lipinski definition) is 10. The summed E-state index contributed by atoms with van der Waals surface area (Å²) in [6, 6.07) is 8.51. The summed E-state index contributed by atoms with van der Waals surface area (Å²) < 4.78 is 60.4. The Balaban J connectivity index is 0.00000203. The van der Waals surface area contributed by atoms with Crippen LogP contribution in [0.3, 0.4) is 0 Å². The van der Waals surface area contributed by atoms with Crippen molar-refractivity contribution >= 4 is 29.8 Å². The Bertz CT molecular complexity index is 1390. The summed E-state index contributed by atoms with van der Waals surface area (Å²) >= 11 is 0. The van der Waals surface area contributed by atoms with Gasteiger partial charge in [-0.25, -0.2) is 9.59 Å². The number of carbonyl (C=O) groups excluding carboxylic acids is 4. The Morgan fingerprint density at radius 1 is 0.946 bits per heavy atom. The molecule has 0 bridgehead atoms. The maximum Gasteiger partial charge on any atom is 0.490 e. The number of carboxylic acid groups (broad SMARTS) is 1.